The summed E-state index contributed by atoms with van der Waals surface area (Å²) in [7, 11) is 1.64. The Morgan fingerprint density at radius 2 is 2.05 bits per heavy atom. The molecule has 0 spiro atoms. The first kappa shape index (κ1) is 12.9. The molecule has 0 aliphatic heterocycles. The Morgan fingerprint density at radius 3 is 2.74 bits per heavy atom. The lowest BCUT2D eigenvalue weighted by Gasteiger charge is -2.07. The Hall–Kier alpha value is -2.56. The van der Waals surface area contributed by atoms with E-state index in [9.17, 15) is 0 Å². The Bertz CT molecular complexity index is 539. The van der Waals surface area contributed by atoms with E-state index in [0.717, 1.165) is 17.3 Å². The quantitative estimate of drug-likeness (QED) is 0.778. The first-order valence-electron chi connectivity index (χ1n) is 5.90. The van der Waals surface area contributed by atoms with Gasteiger partial charge in [0, 0.05) is 18.4 Å². The highest BCUT2D eigenvalue weighted by atomic mass is 16.5. The number of methoxy groups -OCH3 is 1. The summed E-state index contributed by atoms with van der Waals surface area (Å²) in [6, 6.07) is 9.38. The van der Waals surface area contributed by atoms with Crippen LogP contribution in [-0.4, -0.2) is 23.6 Å². The van der Waals surface area contributed by atoms with Gasteiger partial charge in [-0.25, -0.2) is 4.98 Å². The molecule has 2 aromatic rings. The van der Waals surface area contributed by atoms with Gasteiger partial charge in [-0.15, -0.1) is 6.58 Å². The molecule has 0 aliphatic rings. The van der Waals surface area contributed by atoms with Gasteiger partial charge in [-0.2, -0.15) is 4.98 Å². The highest BCUT2D eigenvalue weighted by Crippen LogP contribution is 2.18. The van der Waals surface area contributed by atoms with Crippen LogP contribution in [0.2, 0.25) is 0 Å². The summed E-state index contributed by atoms with van der Waals surface area (Å²) in [5.74, 6) is 2.11. The average molecular weight is 256 g/mol. The maximum absolute atomic E-state index is 5.10. The van der Waals surface area contributed by atoms with E-state index < -0.39 is 0 Å². The number of nitrogens with one attached hydrogen (secondary N) is 2. The Balaban J connectivity index is 2.06. The fourth-order valence-electron chi connectivity index (χ4n) is 1.50. The van der Waals surface area contributed by atoms with E-state index in [1.807, 2.05) is 30.3 Å². The number of ether oxygens (including phenoxy) is 1. The summed E-state index contributed by atoms with van der Waals surface area (Å²) < 4.78 is 5.10. The van der Waals surface area contributed by atoms with Gasteiger partial charge in [-0.05, 0) is 30.3 Å². The molecule has 2 rings (SSSR count). The average Bonchev–Trinajstić information content (AvgIpc) is 2.46. The van der Waals surface area contributed by atoms with E-state index >= 15 is 0 Å². The van der Waals surface area contributed by atoms with E-state index in [1.54, 1.807) is 19.4 Å². The number of rotatable bonds is 6. The number of hydrogen-bond acceptors (Lipinski definition) is 5. The first-order chi connectivity index (χ1) is 9.31. The van der Waals surface area contributed by atoms with Crippen molar-refractivity contribution in [1.82, 2.24) is 9.97 Å². The third-order valence-electron chi connectivity index (χ3n) is 2.43. The molecule has 0 saturated heterocycles. The van der Waals surface area contributed by atoms with Crippen molar-refractivity contribution in [3.63, 3.8) is 0 Å². The molecule has 0 bridgehead atoms. The molecule has 2 N–H and O–H groups in total. The van der Waals surface area contributed by atoms with Crippen molar-refractivity contribution in [2.24, 2.45) is 0 Å². The second-order valence-electron chi connectivity index (χ2n) is 3.79. The molecule has 0 saturated carbocycles. The fraction of sp³-hybridized carbons (Fsp3) is 0.143. The standard InChI is InChI=1S/C14H16N4O/c1-3-9-15-13-8-10-16-14(18-13)17-11-4-6-12(19-2)7-5-11/h3-8,10H,1,9H2,2H3,(H2,15,16,17,18). The predicted octanol–water partition coefficient (Wildman–Crippen LogP) is 2.83. The number of benzene rings is 1. The first-order valence-corrected chi connectivity index (χ1v) is 5.90. The molecule has 5 nitrogen and oxygen atoms in total. The van der Waals surface area contributed by atoms with Gasteiger partial charge in [0.05, 0.1) is 7.11 Å². The summed E-state index contributed by atoms with van der Waals surface area (Å²) in [6.07, 6.45) is 3.48. The van der Waals surface area contributed by atoms with Crippen LogP contribution in [0.1, 0.15) is 0 Å². The number of aromatic nitrogens is 2. The van der Waals surface area contributed by atoms with Gasteiger partial charge in [0.2, 0.25) is 5.95 Å². The molecule has 0 radical (unpaired) electrons. The Labute approximate surface area is 112 Å². The van der Waals surface area contributed by atoms with Gasteiger partial charge >= 0.3 is 0 Å². The maximum Gasteiger partial charge on any atom is 0.229 e. The van der Waals surface area contributed by atoms with E-state index in [2.05, 4.69) is 27.2 Å². The minimum atomic E-state index is 0.541. The largest absolute Gasteiger partial charge is 0.497 e. The molecule has 1 aromatic carbocycles. The van der Waals surface area contributed by atoms with E-state index in [-0.39, 0.29) is 0 Å². The predicted molar refractivity (Wildman–Crippen MR) is 77.0 cm³/mol. The monoisotopic (exact) mass is 256 g/mol. The SMILES string of the molecule is C=CCNc1ccnc(Nc2ccc(OC)cc2)n1. The van der Waals surface area contributed by atoms with E-state index in [4.69, 9.17) is 4.74 Å². The van der Waals surface area contributed by atoms with Gasteiger partial charge in [0.25, 0.3) is 0 Å². The summed E-state index contributed by atoms with van der Waals surface area (Å²) in [5.41, 5.74) is 0.904. The van der Waals surface area contributed by atoms with Crippen LogP contribution in [0.3, 0.4) is 0 Å². The zero-order chi connectivity index (χ0) is 13.5. The molecule has 98 valence electrons. The molecular formula is C14H16N4O. The molecule has 0 amide bonds. The van der Waals surface area contributed by atoms with Crippen LogP contribution in [0.15, 0.2) is 49.2 Å². The van der Waals surface area contributed by atoms with Crippen LogP contribution in [0, 0.1) is 0 Å². The zero-order valence-electron chi connectivity index (χ0n) is 10.8. The summed E-state index contributed by atoms with van der Waals surface area (Å²) in [5, 5.41) is 6.24. The number of hydrogen-bond donors (Lipinski definition) is 2. The number of nitrogens with zero attached hydrogens (tertiary/aromatic N) is 2. The van der Waals surface area contributed by atoms with Gasteiger partial charge in [0.1, 0.15) is 11.6 Å². The van der Waals surface area contributed by atoms with E-state index in [1.165, 1.54) is 0 Å². The van der Waals surface area contributed by atoms with E-state index in [0.29, 0.717) is 12.5 Å². The molecular weight excluding hydrogens is 240 g/mol. The maximum atomic E-state index is 5.10. The molecule has 19 heavy (non-hydrogen) atoms. The zero-order valence-corrected chi connectivity index (χ0v) is 10.8. The molecule has 1 heterocycles. The molecule has 5 heteroatoms. The van der Waals surface area contributed by atoms with Crippen LogP contribution < -0.4 is 15.4 Å². The third kappa shape index (κ3) is 3.70. The number of anilines is 3. The van der Waals surface area contributed by atoms with Crippen molar-refractivity contribution in [3.05, 3.63) is 49.2 Å². The third-order valence-corrected chi connectivity index (χ3v) is 2.43. The van der Waals surface area contributed by atoms with Crippen molar-refractivity contribution in [3.8, 4) is 5.75 Å². The van der Waals surface area contributed by atoms with Crippen molar-refractivity contribution in [2.75, 3.05) is 24.3 Å². The molecule has 1 aromatic heterocycles. The van der Waals surface area contributed by atoms with Gasteiger partial charge in [-0.1, -0.05) is 6.08 Å². The second-order valence-corrected chi connectivity index (χ2v) is 3.79. The molecule has 0 aliphatic carbocycles. The molecule has 0 fully saturated rings. The lowest BCUT2D eigenvalue weighted by Crippen LogP contribution is -2.03. The van der Waals surface area contributed by atoms with Crippen molar-refractivity contribution in [1.29, 1.82) is 0 Å². The summed E-state index contributed by atoms with van der Waals surface area (Å²) >= 11 is 0. The summed E-state index contributed by atoms with van der Waals surface area (Å²) in [4.78, 5) is 8.50. The van der Waals surface area contributed by atoms with Gasteiger partial charge in [-0.3, -0.25) is 0 Å². The van der Waals surface area contributed by atoms with Crippen molar-refractivity contribution < 1.29 is 4.74 Å². The van der Waals surface area contributed by atoms with Crippen molar-refractivity contribution in [2.45, 2.75) is 0 Å². The Kier molecular flexibility index (Phi) is 4.34. The Morgan fingerprint density at radius 1 is 1.26 bits per heavy atom. The normalized spacial score (nSPS) is 9.74. The minimum Gasteiger partial charge on any atom is -0.497 e. The highest BCUT2D eigenvalue weighted by molar-refractivity contribution is 5.55. The summed E-state index contributed by atoms with van der Waals surface area (Å²) in [6.45, 7) is 4.31. The van der Waals surface area contributed by atoms with Gasteiger partial charge in [0.15, 0.2) is 0 Å². The highest BCUT2D eigenvalue weighted by Gasteiger charge is 2.00. The topological polar surface area (TPSA) is 59.1 Å². The molecule has 0 atom stereocenters. The second kappa shape index (κ2) is 6.39. The lowest BCUT2D eigenvalue weighted by atomic mass is 10.3. The van der Waals surface area contributed by atoms with Crippen LogP contribution >= 0.6 is 0 Å². The lowest BCUT2D eigenvalue weighted by molar-refractivity contribution is 0.415. The van der Waals surface area contributed by atoms with Gasteiger partial charge < -0.3 is 15.4 Å². The van der Waals surface area contributed by atoms with Crippen LogP contribution in [0.5, 0.6) is 5.75 Å². The van der Waals surface area contributed by atoms with Crippen LogP contribution in [-0.2, 0) is 0 Å². The van der Waals surface area contributed by atoms with Crippen molar-refractivity contribution >= 4 is 17.5 Å². The molecule has 0 unspecified atom stereocenters. The fourth-order valence-corrected chi connectivity index (χ4v) is 1.50. The smallest absolute Gasteiger partial charge is 0.229 e. The minimum absolute atomic E-state index is 0.541. The van der Waals surface area contributed by atoms with Crippen LogP contribution in [0.25, 0.3) is 0 Å². The van der Waals surface area contributed by atoms with Crippen LogP contribution in [0.4, 0.5) is 17.5 Å².